The van der Waals surface area contributed by atoms with E-state index in [1.165, 1.54) is 19.3 Å². The molecule has 1 fully saturated rings. The van der Waals surface area contributed by atoms with E-state index in [0.717, 1.165) is 18.1 Å². The molecule has 2 rings (SSSR count). The van der Waals surface area contributed by atoms with Gasteiger partial charge in [0.05, 0.1) is 6.61 Å². The molecule has 5 heteroatoms. The predicted molar refractivity (Wildman–Crippen MR) is 68.5 cm³/mol. The fourth-order valence-corrected chi connectivity index (χ4v) is 2.24. The van der Waals surface area contributed by atoms with Crippen molar-refractivity contribution in [1.82, 2.24) is 9.97 Å². The first-order valence-electron chi connectivity index (χ1n) is 6.15. The maximum Gasteiger partial charge on any atom is 0.134 e. The van der Waals surface area contributed by atoms with Crippen molar-refractivity contribution in [1.29, 1.82) is 0 Å². The second-order valence-corrected chi connectivity index (χ2v) is 4.71. The molecule has 0 amide bonds. The third-order valence-corrected chi connectivity index (χ3v) is 3.39. The monoisotopic (exact) mass is 255 g/mol. The molecule has 0 aliphatic heterocycles. The summed E-state index contributed by atoms with van der Waals surface area (Å²) in [4.78, 5) is 10.8. The average Bonchev–Trinajstić information content (AvgIpc) is 2.25. The first-order chi connectivity index (χ1) is 8.24. The van der Waals surface area contributed by atoms with Gasteiger partial charge in [0.2, 0.25) is 0 Å². The van der Waals surface area contributed by atoms with Crippen LogP contribution in [0.4, 0.5) is 5.82 Å². The predicted octanol–water partition coefficient (Wildman–Crippen LogP) is 2.04. The van der Waals surface area contributed by atoms with Crippen molar-refractivity contribution in [3.8, 4) is 0 Å². The molecule has 1 aromatic rings. The van der Waals surface area contributed by atoms with Gasteiger partial charge in [0.1, 0.15) is 16.8 Å². The Balaban J connectivity index is 2.24. The van der Waals surface area contributed by atoms with Crippen molar-refractivity contribution in [2.24, 2.45) is 0 Å². The molecular formula is C12H18ClN3O. The van der Waals surface area contributed by atoms with Gasteiger partial charge in [0.15, 0.2) is 0 Å². The van der Waals surface area contributed by atoms with E-state index in [1.54, 1.807) is 6.07 Å². The Morgan fingerprint density at radius 1 is 1.47 bits per heavy atom. The van der Waals surface area contributed by atoms with Crippen molar-refractivity contribution in [3.63, 3.8) is 0 Å². The summed E-state index contributed by atoms with van der Waals surface area (Å²) in [6.07, 6.45) is 4.36. The van der Waals surface area contributed by atoms with Gasteiger partial charge in [-0.15, -0.1) is 0 Å². The third-order valence-electron chi connectivity index (χ3n) is 3.19. The lowest BCUT2D eigenvalue weighted by Gasteiger charge is -2.38. The van der Waals surface area contributed by atoms with Crippen molar-refractivity contribution in [2.75, 3.05) is 18.1 Å². The normalized spacial score (nSPS) is 15.7. The third kappa shape index (κ3) is 2.87. The minimum atomic E-state index is 0.138. The van der Waals surface area contributed by atoms with E-state index in [1.807, 2.05) is 6.92 Å². The zero-order chi connectivity index (χ0) is 12.3. The first kappa shape index (κ1) is 12.6. The van der Waals surface area contributed by atoms with Gasteiger partial charge < -0.3 is 10.0 Å². The van der Waals surface area contributed by atoms with Crippen LogP contribution < -0.4 is 4.90 Å². The lowest BCUT2D eigenvalue weighted by atomic mass is 9.91. The van der Waals surface area contributed by atoms with Crippen LogP contribution in [-0.2, 0) is 6.42 Å². The molecule has 1 aliphatic carbocycles. The highest BCUT2D eigenvalue weighted by molar-refractivity contribution is 6.29. The molecule has 1 saturated carbocycles. The minimum absolute atomic E-state index is 0.138. The van der Waals surface area contributed by atoms with Crippen LogP contribution in [0.3, 0.4) is 0 Å². The van der Waals surface area contributed by atoms with E-state index in [2.05, 4.69) is 14.9 Å². The Kier molecular flexibility index (Phi) is 4.18. The van der Waals surface area contributed by atoms with E-state index in [4.69, 9.17) is 16.7 Å². The van der Waals surface area contributed by atoms with Crippen molar-refractivity contribution in [2.45, 2.75) is 38.6 Å². The highest BCUT2D eigenvalue weighted by atomic mass is 35.5. The van der Waals surface area contributed by atoms with Crippen LogP contribution in [0.25, 0.3) is 0 Å². The number of nitrogens with zero attached hydrogens (tertiary/aromatic N) is 3. The Hall–Kier alpha value is -0.870. The summed E-state index contributed by atoms with van der Waals surface area (Å²) in [5.74, 6) is 1.61. The number of hydrogen-bond acceptors (Lipinski definition) is 4. The zero-order valence-electron chi connectivity index (χ0n) is 10.1. The van der Waals surface area contributed by atoms with E-state index >= 15 is 0 Å². The molecule has 1 N–H and O–H groups in total. The van der Waals surface area contributed by atoms with Crippen LogP contribution in [0.1, 0.15) is 32.0 Å². The van der Waals surface area contributed by atoms with Gasteiger partial charge >= 0.3 is 0 Å². The number of rotatable bonds is 5. The standard InChI is InChI=1S/C12H18ClN3O/c1-2-11-14-10(13)8-12(15-11)16(6-7-17)9-4-3-5-9/h8-9,17H,2-7H2,1H3. The van der Waals surface area contributed by atoms with Gasteiger partial charge in [0, 0.05) is 25.1 Å². The molecule has 4 nitrogen and oxygen atoms in total. The summed E-state index contributed by atoms with van der Waals surface area (Å²) in [6.45, 7) is 2.76. The van der Waals surface area contributed by atoms with E-state index in [-0.39, 0.29) is 6.61 Å². The topological polar surface area (TPSA) is 49.2 Å². The average molecular weight is 256 g/mol. The Morgan fingerprint density at radius 3 is 2.76 bits per heavy atom. The number of aliphatic hydroxyl groups excluding tert-OH is 1. The van der Waals surface area contributed by atoms with Gasteiger partial charge in [-0.25, -0.2) is 9.97 Å². The largest absolute Gasteiger partial charge is 0.395 e. The summed E-state index contributed by atoms with van der Waals surface area (Å²) in [5, 5.41) is 9.62. The Labute approximate surface area is 107 Å². The summed E-state index contributed by atoms with van der Waals surface area (Å²) in [7, 11) is 0. The van der Waals surface area contributed by atoms with Gasteiger partial charge in [-0.05, 0) is 19.3 Å². The second-order valence-electron chi connectivity index (χ2n) is 4.32. The van der Waals surface area contributed by atoms with E-state index in [9.17, 15) is 0 Å². The number of aryl methyl sites for hydroxylation is 1. The Morgan fingerprint density at radius 2 is 2.24 bits per heavy atom. The smallest absolute Gasteiger partial charge is 0.134 e. The second kappa shape index (κ2) is 5.65. The Bertz CT molecular complexity index is 382. The van der Waals surface area contributed by atoms with Crippen molar-refractivity contribution >= 4 is 17.4 Å². The van der Waals surface area contributed by atoms with E-state index in [0.29, 0.717) is 17.7 Å². The molecule has 17 heavy (non-hydrogen) atoms. The quantitative estimate of drug-likeness (QED) is 0.818. The highest BCUT2D eigenvalue weighted by Gasteiger charge is 2.26. The maximum atomic E-state index is 9.14. The summed E-state index contributed by atoms with van der Waals surface area (Å²) in [5.41, 5.74) is 0. The number of anilines is 1. The molecule has 94 valence electrons. The van der Waals surface area contributed by atoms with Crippen LogP contribution >= 0.6 is 11.6 Å². The van der Waals surface area contributed by atoms with Crippen LogP contribution in [0.5, 0.6) is 0 Å². The number of hydrogen-bond donors (Lipinski definition) is 1. The number of aromatic nitrogens is 2. The lowest BCUT2D eigenvalue weighted by Crippen LogP contribution is -2.42. The molecule has 0 spiro atoms. The molecule has 0 atom stereocenters. The lowest BCUT2D eigenvalue weighted by molar-refractivity contribution is 0.283. The minimum Gasteiger partial charge on any atom is -0.395 e. The fourth-order valence-electron chi connectivity index (χ4n) is 2.05. The van der Waals surface area contributed by atoms with E-state index < -0.39 is 0 Å². The van der Waals surface area contributed by atoms with Crippen LogP contribution in [0, 0.1) is 0 Å². The summed E-state index contributed by atoms with van der Waals surface area (Å²) >= 11 is 6.00. The van der Waals surface area contributed by atoms with Gasteiger partial charge in [-0.3, -0.25) is 0 Å². The molecule has 0 bridgehead atoms. The molecule has 1 heterocycles. The fraction of sp³-hybridized carbons (Fsp3) is 0.667. The maximum absolute atomic E-state index is 9.14. The number of halogens is 1. The molecule has 1 aliphatic rings. The highest BCUT2D eigenvalue weighted by Crippen LogP contribution is 2.29. The molecule has 0 unspecified atom stereocenters. The van der Waals surface area contributed by atoms with Gasteiger partial charge in [0.25, 0.3) is 0 Å². The summed E-state index contributed by atoms with van der Waals surface area (Å²) in [6, 6.07) is 2.28. The SMILES string of the molecule is CCc1nc(Cl)cc(N(CCO)C2CCC2)n1. The first-order valence-corrected chi connectivity index (χ1v) is 6.53. The molecule has 1 aromatic heterocycles. The van der Waals surface area contributed by atoms with Crippen LogP contribution in [0.15, 0.2) is 6.07 Å². The van der Waals surface area contributed by atoms with Crippen LogP contribution in [0.2, 0.25) is 5.15 Å². The molecule has 0 saturated heterocycles. The van der Waals surface area contributed by atoms with Gasteiger partial charge in [-0.2, -0.15) is 0 Å². The molecule has 0 radical (unpaired) electrons. The van der Waals surface area contributed by atoms with Crippen molar-refractivity contribution in [3.05, 3.63) is 17.0 Å². The molecular weight excluding hydrogens is 238 g/mol. The summed E-state index contributed by atoms with van der Waals surface area (Å²) < 4.78 is 0. The van der Waals surface area contributed by atoms with Crippen molar-refractivity contribution < 1.29 is 5.11 Å². The number of aliphatic hydroxyl groups is 1. The van der Waals surface area contributed by atoms with Crippen LogP contribution in [-0.4, -0.2) is 34.3 Å². The zero-order valence-corrected chi connectivity index (χ0v) is 10.8. The van der Waals surface area contributed by atoms with Gasteiger partial charge in [-0.1, -0.05) is 18.5 Å². The molecule has 0 aromatic carbocycles.